The molecule has 0 aliphatic heterocycles. The highest BCUT2D eigenvalue weighted by Gasteiger charge is 2.12. The normalized spacial score (nSPS) is 12.3. The van der Waals surface area contributed by atoms with Crippen LogP contribution in [0.5, 0.6) is 0 Å². The Labute approximate surface area is 112 Å². The van der Waals surface area contributed by atoms with E-state index in [-0.39, 0.29) is 0 Å². The van der Waals surface area contributed by atoms with Crippen molar-refractivity contribution in [3.05, 3.63) is 57.8 Å². The minimum absolute atomic E-state index is 0.417. The molecule has 0 radical (unpaired) electrons. The van der Waals surface area contributed by atoms with E-state index in [9.17, 15) is 0 Å². The van der Waals surface area contributed by atoms with Gasteiger partial charge in [-0.05, 0) is 43.1 Å². The molecule has 0 unspecified atom stereocenters. The Morgan fingerprint density at radius 3 is 2.56 bits per heavy atom. The maximum Gasteiger partial charge on any atom is 0.0991 e. The molecule has 0 fully saturated rings. The van der Waals surface area contributed by atoms with Crippen molar-refractivity contribution >= 4 is 11.3 Å². The first kappa shape index (κ1) is 12.8. The van der Waals surface area contributed by atoms with Crippen LogP contribution in [-0.4, -0.2) is 11.9 Å². The Hall–Kier alpha value is -1.63. The van der Waals surface area contributed by atoms with Gasteiger partial charge in [-0.15, -0.1) is 11.3 Å². The van der Waals surface area contributed by atoms with Gasteiger partial charge in [0.2, 0.25) is 0 Å². The lowest BCUT2D eigenvalue weighted by Crippen LogP contribution is -2.21. The molecule has 0 saturated heterocycles. The SMILES string of the molecule is C[C@H](c1cccs1)N(C)Cc1ccc(C#N)cc1. The van der Waals surface area contributed by atoms with Crippen molar-refractivity contribution in [1.82, 2.24) is 4.90 Å². The van der Waals surface area contributed by atoms with Gasteiger partial charge in [0.25, 0.3) is 0 Å². The molecule has 2 aromatic rings. The number of benzene rings is 1. The van der Waals surface area contributed by atoms with E-state index in [1.54, 1.807) is 11.3 Å². The lowest BCUT2D eigenvalue weighted by molar-refractivity contribution is 0.256. The van der Waals surface area contributed by atoms with Crippen LogP contribution < -0.4 is 0 Å². The fourth-order valence-electron chi connectivity index (χ4n) is 1.86. The summed E-state index contributed by atoms with van der Waals surface area (Å²) in [6.45, 7) is 3.11. The monoisotopic (exact) mass is 256 g/mol. The number of thiophene rings is 1. The Morgan fingerprint density at radius 2 is 2.00 bits per heavy atom. The first-order valence-electron chi connectivity index (χ1n) is 5.93. The summed E-state index contributed by atoms with van der Waals surface area (Å²) < 4.78 is 0. The zero-order valence-electron chi connectivity index (χ0n) is 10.6. The highest BCUT2D eigenvalue weighted by molar-refractivity contribution is 7.10. The largest absolute Gasteiger partial charge is 0.295 e. The van der Waals surface area contributed by atoms with E-state index in [0.29, 0.717) is 11.6 Å². The fraction of sp³-hybridized carbons (Fsp3) is 0.267. The maximum absolute atomic E-state index is 8.76. The highest BCUT2D eigenvalue weighted by atomic mass is 32.1. The molecular weight excluding hydrogens is 240 g/mol. The summed E-state index contributed by atoms with van der Waals surface area (Å²) >= 11 is 1.79. The quantitative estimate of drug-likeness (QED) is 0.831. The second-order valence-electron chi connectivity index (χ2n) is 4.42. The van der Waals surface area contributed by atoms with E-state index >= 15 is 0 Å². The Balaban J connectivity index is 2.02. The first-order valence-corrected chi connectivity index (χ1v) is 6.81. The number of hydrogen-bond donors (Lipinski definition) is 0. The summed E-state index contributed by atoms with van der Waals surface area (Å²) in [7, 11) is 2.13. The minimum atomic E-state index is 0.417. The summed E-state index contributed by atoms with van der Waals surface area (Å²) in [4.78, 5) is 3.69. The van der Waals surface area contributed by atoms with Crippen LogP contribution in [0.1, 0.15) is 29.0 Å². The molecule has 0 amide bonds. The third kappa shape index (κ3) is 2.98. The molecule has 1 aromatic carbocycles. The summed E-state index contributed by atoms with van der Waals surface area (Å²) in [6, 6.07) is 14.6. The van der Waals surface area contributed by atoms with E-state index in [2.05, 4.69) is 42.5 Å². The fourth-order valence-corrected chi connectivity index (χ4v) is 2.70. The molecule has 1 atom stereocenters. The van der Waals surface area contributed by atoms with E-state index < -0.39 is 0 Å². The second-order valence-corrected chi connectivity index (χ2v) is 5.39. The minimum Gasteiger partial charge on any atom is -0.295 e. The van der Waals surface area contributed by atoms with E-state index in [0.717, 1.165) is 6.54 Å². The molecule has 0 N–H and O–H groups in total. The van der Waals surface area contributed by atoms with Gasteiger partial charge in [-0.1, -0.05) is 18.2 Å². The molecular formula is C15H16N2S. The Kier molecular flexibility index (Phi) is 4.14. The zero-order chi connectivity index (χ0) is 13.0. The van der Waals surface area contributed by atoms with Crippen LogP contribution in [0.15, 0.2) is 41.8 Å². The average Bonchev–Trinajstić information content (AvgIpc) is 2.92. The van der Waals surface area contributed by atoms with Gasteiger partial charge in [0.05, 0.1) is 11.6 Å². The van der Waals surface area contributed by atoms with Gasteiger partial charge in [-0.25, -0.2) is 0 Å². The van der Waals surface area contributed by atoms with Crippen molar-refractivity contribution in [2.75, 3.05) is 7.05 Å². The Morgan fingerprint density at radius 1 is 1.28 bits per heavy atom. The van der Waals surface area contributed by atoms with Gasteiger partial charge in [-0.3, -0.25) is 4.90 Å². The van der Waals surface area contributed by atoms with E-state index in [1.807, 2.05) is 24.3 Å². The lowest BCUT2D eigenvalue weighted by Gasteiger charge is -2.23. The molecule has 2 nitrogen and oxygen atoms in total. The van der Waals surface area contributed by atoms with E-state index in [1.165, 1.54) is 10.4 Å². The number of nitriles is 1. The number of hydrogen-bond acceptors (Lipinski definition) is 3. The molecule has 0 aliphatic rings. The third-order valence-electron chi connectivity index (χ3n) is 3.13. The molecule has 0 saturated carbocycles. The zero-order valence-corrected chi connectivity index (χ0v) is 11.4. The second kappa shape index (κ2) is 5.81. The van der Waals surface area contributed by atoms with Gasteiger partial charge < -0.3 is 0 Å². The van der Waals surface area contributed by atoms with Gasteiger partial charge in [-0.2, -0.15) is 5.26 Å². The maximum atomic E-state index is 8.76. The van der Waals surface area contributed by atoms with Crippen LogP contribution in [0.2, 0.25) is 0 Å². The summed E-state index contributed by atoms with van der Waals surface area (Å²) in [5, 5.41) is 10.9. The van der Waals surface area contributed by atoms with Crippen molar-refractivity contribution in [3.8, 4) is 6.07 Å². The van der Waals surface area contributed by atoms with Crippen LogP contribution >= 0.6 is 11.3 Å². The topological polar surface area (TPSA) is 27.0 Å². The highest BCUT2D eigenvalue weighted by Crippen LogP contribution is 2.24. The molecule has 1 aromatic heterocycles. The summed E-state index contributed by atoms with van der Waals surface area (Å²) in [5.74, 6) is 0. The van der Waals surface area contributed by atoms with Crippen LogP contribution in [-0.2, 0) is 6.54 Å². The van der Waals surface area contributed by atoms with Crippen LogP contribution in [0.25, 0.3) is 0 Å². The molecule has 3 heteroatoms. The molecule has 0 bridgehead atoms. The predicted molar refractivity (Wildman–Crippen MR) is 75.4 cm³/mol. The molecule has 0 spiro atoms. The van der Waals surface area contributed by atoms with Crippen molar-refractivity contribution in [2.24, 2.45) is 0 Å². The van der Waals surface area contributed by atoms with Crippen molar-refractivity contribution in [2.45, 2.75) is 19.5 Å². The van der Waals surface area contributed by atoms with Crippen molar-refractivity contribution in [1.29, 1.82) is 5.26 Å². The van der Waals surface area contributed by atoms with Crippen molar-refractivity contribution in [3.63, 3.8) is 0 Å². The molecule has 0 aliphatic carbocycles. The predicted octanol–water partition coefficient (Wildman–Crippen LogP) is 3.81. The van der Waals surface area contributed by atoms with E-state index in [4.69, 9.17) is 5.26 Å². The number of nitrogens with zero attached hydrogens (tertiary/aromatic N) is 2. The Bertz CT molecular complexity index is 523. The average molecular weight is 256 g/mol. The van der Waals surface area contributed by atoms with Gasteiger partial charge in [0, 0.05) is 17.5 Å². The first-order chi connectivity index (χ1) is 8.70. The van der Waals surface area contributed by atoms with Gasteiger partial charge in [0.1, 0.15) is 0 Å². The van der Waals surface area contributed by atoms with Gasteiger partial charge in [0.15, 0.2) is 0 Å². The standard InChI is InChI=1S/C15H16N2S/c1-12(15-4-3-9-18-15)17(2)11-14-7-5-13(10-16)6-8-14/h3-9,12H,11H2,1-2H3/t12-/m1/s1. The summed E-state index contributed by atoms with van der Waals surface area (Å²) in [6.07, 6.45) is 0. The van der Waals surface area contributed by atoms with Crippen LogP contribution in [0.3, 0.4) is 0 Å². The molecule has 1 heterocycles. The van der Waals surface area contributed by atoms with Crippen molar-refractivity contribution < 1.29 is 0 Å². The van der Waals surface area contributed by atoms with Crippen LogP contribution in [0, 0.1) is 11.3 Å². The summed E-state index contributed by atoms with van der Waals surface area (Å²) in [5.41, 5.74) is 1.95. The molecule has 18 heavy (non-hydrogen) atoms. The molecule has 2 rings (SSSR count). The smallest absolute Gasteiger partial charge is 0.0991 e. The number of rotatable bonds is 4. The lowest BCUT2D eigenvalue weighted by atomic mass is 10.1. The van der Waals surface area contributed by atoms with Crippen LogP contribution in [0.4, 0.5) is 0 Å². The third-order valence-corrected chi connectivity index (χ3v) is 4.17. The van der Waals surface area contributed by atoms with Gasteiger partial charge >= 0.3 is 0 Å². The molecule has 92 valence electrons.